The van der Waals surface area contributed by atoms with Crippen LogP contribution in [0.15, 0.2) is 66.9 Å². The Morgan fingerprint density at radius 1 is 1.03 bits per heavy atom. The van der Waals surface area contributed by atoms with Gasteiger partial charge in [0.2, 0.25) is 15.9 Å². The second-order valence-electron chi connectivity index (χ2n) is 9.23. The second kappa shape index (κ2) is 11.6. The first-order valence-electron chi connectivity index (χ1n) is 11.7. The largest absolute Gasteiger partial charge is 0.479 e. The van der Waals surface area contributed by atoms with Crippen LogP contribution in [0.2, 0.25) is 0 Å². The molecule has 11 heteroatoms. The predicted octanol–water partition coefficient (Wildman–Crippen LogP) is 1.29. The van der Waals surface area contributed by atoms with Gasteiger partial charge in [0.1, 0.15) is 12.6 Å². The fraction of sp³-hybridized carbons (Fsp3) is 0.346. The van der Waals surface area contributed by atoms with E-state index in [0.29, 0.717) is 11.1 Å². The van der Waals surface area contributed by atoms with E-state index in [4.69, 9.17) is 0 Å². The van der Waals surface area contributed by atoms with Crippen molar-refractivity contribution in [2.75, 3.05) is 12.8 Å². The monoisotopic (exact) mass is 529 g/mol. The van der Waals surface area contributed by atoms with Crippen LogP contribution in [-0.2, 0) is 30.8 Å². The standard InChI is InChI=1S/C26H31N3O7S/c1-17(2)23-25(32)28(21(15-29(23)37(3,35)36)19-12-8-5-9-13-19)16-22(30)27-20(24(31)26(33)34)14-18-10-6-4-7-11-18/h4-13,15,17,20,23-24,31H,14,16H2,1-3H3,(H,27,30)(H,33,34)/t20-,23?,24?/m0/s1. The summed E-state index contributed by atoms with van der Waals surface area (Å²) in [6, 6.07) is 15.1. The summed E-state index contributed by atoms with van der Waals surface area (Å²) in [6.07, 6.45) is 0.525. The van der Waals surface area contributed by atoms with Crippen LogP contribution in [0, 0.1) is 5.92 Å². The molecule has 0 aliphatic carbocycles. The van der Waals surface area contributed by atoms with Crippen molar-refractivity contribution in [2.45, 2.75) is 38.5 Å². The molecule has 0 saturated carbocycles. The number of hydrogen-bond acceptors (Lipinski definition) is 6. The molecule has 0 spiro atoms. The lowest BCUT2D eigenvalue weighted by Crippen LogP contribution is -2.57. The highest BCUT2D eigenvalue weighted by atomic mass is 32.2. The second-order valence-corrected chi connectivity index (χ2v) is 11.1. The zero-order chi connectivity index (χ0) is 27.3. The van der Waals surface area contributed by atoms with E-state index < -0.39 is 58.5 Å². The van der Waals surface area contributed by atoms with E-state index in [2.05, 4.69) is 5.32 Å². The molecule has 10 nitrogen and oxygen atoms in total. The van der Waals surface area contributed by atoms with E-state index in [1.807, 2.05) is 0 Å². The molecule has 0 fully saturated rings. The number of aliphatic carboxylic acids is 1. The van der Waals surface area contributed by atoms with Crippen LogP contribution in [0.4, 0.5) is 0 Å². The third kappa shape index (κ3) is 6.75. The summed E-state index contributed by atoms with van der Waals surface area (Å²) in [7, 11) is -3.81. The van der Waals surface area contributed by atoms with E-state index in [1.165, 1.54) is 11.1 Å². The summed E-state index contributed by atoms with van der Waals surface area (Å²) >= 11 is 0. The zero-order valence-electron chi connectivity index (χ0n) is 20.8. The number of carboxylic acids is 1. The summed E-state index contributed by atoms with van der Waals surface area (Å²) in [5.41, 5.74) is 1.43. The molecule has 2 amide bonds. The van der Waals surface area contributed by atoms with Crippen LogP contribution >= 0.6 is 0 Å². The zero-order valence-corrected chi connectivity index (χ0v) is 21.6. The number of carbonyl (C=O) groups excluding carboxylic acids is 2. The SMILES string of the molecule is CC(C)C1C(=O)N(CC(=O)N[C@@H](Cc2ccccc2)C(O)C(=O)O)C(c2ccccc2)=CN1S(C)(=O)=O. The average molecular weight is 530 g/mol. The van der Waals surface area contributed by atoms with Crippen LogP contribution in [0.5, 0.6) is 0 Å². The summed E-state index contributed by atoms with van der Waals surface area (Å²) in [4.78, 5) is 39.5. The van der Waals surface area contributed by atoms with Gasteiger partial charge in [-0.05, 0) is 23.5 Å². The molecule has 2 aromatic rings. The Morgan fingerprint density at radius 3 is 2.11 bits per heavy atom. The Hall–Kier alpha value is -3.70. The van der Waals surface area contributed by atoms with Gasteiger partial charge in [0.05, 0.1) is 18.0 Å². The molecule has 3 rings (SSSR count). The number of rotatable bonds is 10. The average Bonchev–Trinajstić information content (AvgIpc) is 2.84. The predicted molar refractivity (Wildman–Crippen MR) is 137 cm³/mol. The van der Waals surface area contributed by atoms with Crippen molar-refractivity contribution in [1.29, 1.82) is 0 Å². The minimum absolute atomic E-state index is 0.0475. The van der Waals surface area contributed by atoms with Gasteiger partial charge in [0.25, 0.3) is 5.91 Å². The fourth-order valence-corrected chi connectivity index (χ4v) is 5.26. The third-order valence-electron chi connectivity index (χ3n) is 6.00. The van der Waals surface area contributed by atoms with Gasteiger partial charge >= 0.3 is 5.97 Å². The molecule has 0 bridgehead atoms. The highest BCUT2D eigenvalue weighted by molar-refractivity contribution is 7.88. The summed E-state index contributed by atoms with van der Waals surface area (Å²) in [6.45, 7) is 2.91. The van der Waals surface area contributed by atoms with Crippen LogP contribution < -0.4 is 5.32 Å². The van der Waals surface area contributed by atoms with Gasteiger partial charge < -0.3 is 15.5 Å². The van der Waals surface area contributed by atoms with Crippen LogP contribution in [0.3, 0.4) is 0 Å². The number of carbonyl (C=O) groups is 3. The van der Waals surface area contributed by atoms with Crippen molar-refractivity contribution in [3.63, 3.8) is 0 Å². The molecule has 3 atom stereocenters. The van der Waals surface area contributed by atoms with Crippen molar-refractivity contribution in [1.82, 2.24) is 14.5 Å². The number of nitrogens with one attached hydrogen (secondary N) is 1. The van der Waals surface area contributed by atoms with Gasteiger partial charge in [0, 0.05) is 6.20 Å². The van der Waals surface area contributed by atoms with Crippen LogP contribution in [-0.4, -0.2) is 76.6 Å². The van der Waals surface area contributed by atoms with Gasteiger partial charge in [-0.3, -0.25) is 18.8 Å². The van der Waals surface area contributed by atoms with E-state index in [-0.39, 0.29) is 12.1 Å². The summed E-state index contributed by atoms with van der Waals surface area (Å²) < 4.78 is 26.1. The molecule has 198 valence electrons. The maximum absolute atomic E-state index is 13.6. The minimum atomic E-state index is -3.81. The normalized spacial score (nSPS) is 17.8. The van der Waals surface area contributed by atoms with Crippen LogP contribution in [0.1, 0.15) is 25.0 Å². The van der Waals surface area contributed by atoms with E-state index in [1.54, 1.807) is 74.5 Å². The molecule has 1 aliphatic heterocycles. The molecule has 0 saturated heterocycles. The number of nitrogens with zero attached hydrogens (tertiary/aromatic N) is 2. The number of amides is 2. The quantitative estimate of drug-likeness (QED) is 0.421. The minimum Gasteiger partial charge on any atom is -0.479 e. The molecular weight excluding hydrogens is 498 g/mol. The molecule has 3 N–H and O–H groups in total. The molecule has 1 aliphatic rings. The van der Waals surface area contributed by atoms with E-state index in [0.717, 1.165) is 10.6 Å². The van der Waals surface area contributed by atoms with Crippen LogP contribution in [0.25, 0.3) is 5.70 Å². The first kappa shape index (κ1) is 27.9. The lowest BCUT2D eigenvalue weighted by Gasteiger charge is -2.40. The lowest BCUT2D eigenvalue weighted by molar-refractivity contribution is -0.149. The Balaban J connectivity index is 1.95. The summed E-state index contributed by atoms with van der Waals surface area (Å²) in [5.74, 6) is -3.19. The van der Waals surface area contributed by atoms with Gasteiger partial charge in [-0.2, -0.15) is 0 Å². The number of benzene rings is 2. The van der Waals surface area contributed by atoms with Crippen molar-refractivity contribution >= 4 is 33.5 Å². The smallest absolute Gasteiger partial charge is 0.334 e. The van der Waals surface area contributed by atoms with E-state index in [9.17, 15) is 33.0 Å². The maximum atomic E-state index is 13.6. The Kier molecular flexibility index (Phi) is 8.72. The van der Waals surface area contributed by atoms with Crippen molar-refractivity contribution in [2.24, 2.45) is 5.92 Å². The molecule has 1 heterocycles. The number of aliphatic hydroxyl groups excluding tert-OH is 1. The molecule has 2 unspecified atom stereocenters. The molecule has 0 radical (unpaired) electrons. The Morgan fingerprint density at radius 2 is 1.59 bits per heavy atom. The highest BCUT2D eigenvalue weighted by Gasteiger charge is 2.42. The number of aliphatic hydroxyl groups is 1. The molecule has 37 heavy (non-hydrogen) atoms. The molecule has 0 aromatic heterocycles. The lowest BCUT2D eigenvalue weighted by atomic mass is 9.99. The Labute approximate surface area is 216 Å². The first-order chi connectivity index (χ1) is 17.4. The first-order valence-corrected chi connectivity index (χ1v) is 13.6. The topological polar surface area (TPSA) is 144 Å². The van der Waals surface area contributed by atoms with Gasteiger partial charge in [-0.25, -0.2) is 13.2 Å². The van der Waals surface area contributed by atoms with Gasteiger partial charge in [-0.15, -0.1) is 0 Å². The number of carboxylic acid groups (broad SMARTS) is 1. The van der Waals surface area contributed by atoms with Crippen molar-refractivity contribution < 1.29 is 33.0 Å². The molecule has 2 aromatic carbocycles. The van der Waals surface area contributed by atoms with Gasteiger partial charge in [0.15, 0.2) is 6.10 Å². The van der Waals surface area contributed by atoms with E-state index >= 15 is 0 Å². The Bertz CT molecular complexity index is 1260. The third-order valence-corrected chi connectivity index (χ3v) is 7.10. The van der Waals surface area contributed by atoms with Crippen molar-refractivity contribution in [3.05, 3.63) is 78.0 Å². The van der Waals surface area contributed by atoms with Crippen molar-refractivity contribution in [3.8, 4) is 0 Å². The fourth-order valence-electron chi connectivity index (χ4n) is 4.22. The maximum Gasteiger partial charge on any atom is 0.334 e. The number of hydrogen-bond donors (Lipinski definition) is 3. The van der Waals surface area contributed by atoms with Gasteiger partial charge in [-0.1, -0.05) is 74.5 Å². The highest BCUT2D eigenvalue weighted by Crippen LogP contribution is 2.31. The number of sulfonamides is 1. The molecular formula is C26H31N3O7S. The summed E-state index contributed by atoms with van der Waals surface area (Å²) in [5, 5.41) is 22.2.